The number of anilines is 2. The second-order valence-electron chi connectivity index (χ2n) is 4.79. The van der Waals surface area contributed by atoms with E-state index in [0.29, 0.717) is 10.7 Å². The maximum absolute atomic E-state index is 13.2. The lowest BCUT2D eigenvalue weighted by Crippen LogP contribution is -2.21. The lowest BCUT2D eigenvalue weighted by atomic mass is 10.2. The van der Waals surface area contributed by atoms with Crippen molar-refractivity contribution in [3.63, 3.8) is 0 Å². The van der Waals surface area contributed by atoms with E-state index in [1.54, 1.807) is 18.2 Å². The molecule has 2 rings (SSSR count). The SMILES string of the molecule is Cc1ccc(NC(=O)CNc2ccc(F)c([N+](=O)[O-])c2)cc1Cl. The largest absolute Gasteiger partial charge is 0.376 e. The highest BCUT2D eigenvalue weighted by Crippen LogP contribution is 2.22. The minimum Gasteiger partial charge on any atom is -0.376 e. The molecule has 2 N–H and O–H groups in total. The molecule has 0 heterocycles. The molecule has 0 saturated heterocycles. The first-order valence-corrected chi connectivity index (χ1v) is 6.98. The Balaban J connectivity index is 1.97. The van der Waals surface area contributed by atoms with E-state index in [1.807, 2.05) is 6.92 Å². The summed E-state index contributed by atoms with van der Waals surface area (Å²) in [6.07, 6.45) is 0. The van der Waals surface area contributed by atoms with Crippen LogP contribution in [0.3, 0.4) is 0 Å². The minimum absolute atomic E-state index is 0.131. The Morgan fingerprint density at radius 3 is 2.61 bits per heavy atom. The lowest BCUT2D eigenvalue weighted by molar-refractivity contribution is -0.387. The van der Waals surface area contributed by atoms with E-state index in [-0.39, 0.29) is 18.1 Å². The molecule has 0 bridgehead atoms. The average Bonchev–Trinajstić information content (AvgIpc) is 2.50. The zero-order valence-electron chi connectivity index (χ0n) is 12.1. The minimum atomic E-state index is -0.931. The Bertz CT molecular complexity index is 768. The fourth-order valence-electron chi connectivity index (χ4n) is 1.82. The van der Waals surface area contributed by atoms with Gasteiger partial charge in [-0.15, -0.1) is 0 Å². The second kappa shape index (κ2) is 7.06. The van der Waals surface area contributed by atoms with Crippen LogP contribution in [-0.2, 0) is 4.79 Å². The number of benzene rings is 2. The van der Waals surface area contributed by atoms with Gasteiger partial charge in [0.1, 0.15) is 0 Å². The van der Waals surface area contributed by atoms with Crippen LogP contribution in [0.5, 0.6) is 0 Å². The molecule has 0 atom stereocenters. The summed E-state index contributed by atoms with van der Waals surface area (Å²) in [5.74, 6) is -1.30. The van der Waals surface area contributed by atoms with Crippen LogP contribution >= 0.6 is 11.6 Å². The van der Waals surface area contributed by atoms with Crippen molar-refractivity contribution in [3.8, 4) is 0 Å². The van der Waals surface area contributed by atoms with Gasteiger partial charge in [-0.05, 0) is 36.8 Å². The van der Waals surface area contributed by atoms with Crippen LogP contribution < -0.4 is 10.6 Å². The summed E-state index contributed by atoms with van der Waals surface area (Å²) in [4.78, 5) is 21.7. The molecule has 0 aliphatic heterocycles. The number of aryl methyl sites for hydroxylation is 1. The summed E-state index contributed by atoms with van der Waals surface area (Å²) in [5.41, 5.74) is 1.05. The molecule has 2 aromatic rings. The number of nitrogens with one attached hydrogen (secondary N) is 2. The fraction of sp³-hybridized carbons (Fsp3) is 0.133. The van der Waals surface area contributed by atoms with Gasteiger partial charge >= 0.3 is 5.69 Å². The van der Waals surface area contributed by atoms with Crippen molar-refractivity contribution in [2.75, 3.05) is 17.2 Å². The lowest BCUT2D eigenvalue weighted by Gasteiger charge is -2.09. The number of nitrogens with zero attached hydrogens (tertiary/aromatic N) is 1. The van der Waals surface area contributed by atoms with E-state index in [9.17, 15) is 19.3 Å². The standard InChI is InChI=1S/C15H13ClFN3O3/c1-9-2-3-11(6-12(9)16)19-15(21)8-18-10-4-5-13(17)14(7-10)20(22)23/h2-7,18H,8H2,1H3,(H,19,21). The number of hydrogen-bond acceptors (Lipinski definition) is 4. The van der Waals surface area contributed by atoms with Crippen molar-refractivity contribution in [1.82, 2.24) is 0 Å². The van der Waals surface area contributed by atoms with Crippen LogP contribution in [0.2, 0.25) is 5.02 Å². The first-order valence-electron chi connectivity index (χ1n) is 6.60. The average molecular weight is 338 g/mol. The molecular weight excluding hydrogens is 325 g/mol. The molecule has 120 valence electrons. The molecule has 8 heteroatoms. The van der Waals surface area contributed by atoms with Crippen molar-refractivity contribution < 1.29 is 14.1 Å². The number of carbonyl (C=O) groups is 1. The van der Waals surface area contributed by atoms with Gasteiger partial charge in [0.2, 0.25) is 11.7 Å². The van der Waals surface area contributed by atoms with Crippen LogP contribution in [0.15, 0.2) is 36.4 Å². The van der Waals surface area contributed by atoms with Gasteiger partial charge < -0.3 is 10.6 Å². The smallest absolute Gasteiger partial charge is 0.306 e. The number of halogens is 2. The van der Waals surface area contributed by atoms with Crippen LogP contribution in [0.1, 0.15) is 5.56 Å². The highest BCUT2D eigenvalue weighted by atomic mass is 35.5. The first-order chi connectivity index (χ1) is 10.9. The molecule has 0 unspecified atom stereocenters. The van der Waals surface area contributed by atoms with Crippen LogP contribution in [-0.4, -0.2) is 17.4 Å². The molecule has 0 radical (unpaired) electrons. The molecule has 0 fully saturated rings. The molecule has 0 aromatic heterocycles. The number of hydrogen-bond donors (Lipinski definition) is 2. The number of carbonyl (C=O) groups excluding carboxylic acids is 1. The summed E-state index contributed by atoms with van der Waals surface area (Å²) in [7, 11) is 0. The summed E-state index contributed by atoms with van der Waals surface area (Å²) < 4.78 is 13.2. The molecule has 0 spiro atoms. The van der Waals surface area contributed by atoms with Gasteiger partial charge in [0, 0.05) is 22.5 Å². The maximum Gasteiger partial charge on any atom is 0.306 e. The molecule has 2 aromatic carbocycles. The van der Waals surface area contributed by atoms with E-state index in [4.69, 9.17) is 11.6 Å². The predicted molar refractivity (Wildman–Crippen MR) is 86.4 cm³/mol. The van der Waals surface area contributed by atoms with Crippen molar-refractivity contribution in [3.05, 3.63) is 62.9 Å². The Morgan fingerprint density at radius 1 is 1.26 bits per heavy atom. The van der Waals surface area contributed by atoms with E-state index in [0.717, 1.165) is 17.7 Å². The third-order valence-electron chi connectivity index (χ3n) is 3.05. The first kappa shape index (κ1) is 16.7. The normalized spacial score (nSPS) is 10.2. The topological polar surface area (TPSA) is 84.3 Å². The molecule has 1 amide bonds. The number of nitro benzene ring substituents is 1. The highest BCUT2D eigenvalue weighted by molar-refractivity contribution is 6.31. The Morgan fingerprint density at radius 2 is 1.96 bits per heavy atom. The second-order valence-corrected chi connectivity index (χ2v) is 5.20. The number of amides is 1. The van der Waals surface area contributed by atoms with Gasteiger partial charge in [0.05, 0.1) is 11.5 Å². The molecule has 0 aliphatic rings. The predicted octanol–water partition coefficient (Wildman–Crippen LogP) is 3.75. The third-order valence-corrected chi connectivity index (χ3v) is 3.46. The highest BCUT2D eigenvalue weighted by Gasteiger charge is 2.14. The van der Waals surface area contributed by atoms with Crippen molar-refractivity contribution in [2.24, 2.45) is 0 Å². The van der Waals surface area contributed by atoms with E-state index < -0.39 is 16.4 Å². The molecule has 0 aliphatic carbocycles. The summed E-state index contributed by atoms with van der Waals surface area (Å²) >= 11 is 5.97. The fourth-order valence-corrected chi connectivity index (χ4v) is 2.00. The van der Waals surface area contributed by atoms with Gasteiger partial charge in [0.25, 0.3) is 0 Å². The van der Waals surface area contributed by atoms with Gasteiger partial charge in [0.15, 0.2) is 0 Å². The zero-order chi connectivity index (χ0) is 17.0. The Labute approximate surface area is 136 Å². The summed E-state index contributed by atoms with van der Waals surface area (Å²) in [6.45, 7) is 1.71. The van der Waals surface area contributed by atoms with Gasteiger partial charge in [-0.3, -0.25) is 14.9 Å². The third kappa shape index (κ3) is 4.40. The van der Waals surface area contributed by atoms with Gasteiger partial charge in [-0.25, -0.2) is 0 Å². The maximum atomic E-state index is 13.2. The van der Waals surface area contributed by atoms with Crippen LogP contribution in [0, 0.1) is 22.9 Å². The van der Waals surface area contributed by atoms with Crippen molar-refractivity contribution >= 4 is 34.6 Å². The summed E-state index contributed by atoms with van der Waals surface area (Å²) in [6, 6.07) is 8.43. The molecule has 6 nitrogen and oxygen atoms in total. The van der Waals surface area contributed by atoms with E-state index in [2.05, 4.69) is 10.6 Å². The summed E-state index contributed by atoms with van der Waals surface area (Å²) in [5, 5.41) is 16.5. The van der Waals surface area contributed by atoms with E-state index in [1.165, 1.54) is 6.07 Å². The van der Waals surface area contributed by atoms with Crippen molar-refractivity contribution in [1.29, 1.82) is 0 Å². The monoisotopic (exact) mass is 337 g/mol. The Hall–Kier alpha value is -2.67. The zero-order valence-corrected chi connectivity index (χ0v) is 12.9. The molecular formula is C15H13ClFN3O3. The van der Waals surface area contributed by atoms with Gasteiger partial charge in [-0.1, -0.05) is 17.7 Å². The van der Waals surface area contributed by atoms with Crippen LogP contribution in [0.4, 0.5) is 21.5 Å². The molecule has 0 saturated carbocycles. The number of rotatable bonds is 5. The van der Waals surface area contributed by atoms with Crippen LogP contribution in [0.25, 0.3) is 0 Å². The molecule has 23 heavy (non-hydrogen) atoms. The number of nitro groups is 1. The van der Waals surface area contributed by atoms with E-state index >= 15 is 0 Å². The Kier molecular flexibility index (Phi) is 5.13. The van der Waals surface area contributed by atoms with Crippen molar-refractivity contribution in [2.45, 2.75) is 6.92 Å². The van der Waals surface area contributed by atoms with Gasteiger partial charge in [-0.2, -0.15) is 4.39 Å². The quantitative estimate of drug-likeness (QED) is 0.643.